The molecule has 1 fully saturated rings. The third-order valence-corrected chi connectivity index (χ3v) is 5.56. The van der Waals surface area contributed by atoms with Gasteiger partial charge >= 0.3 is 0 Å². The molecule has 2 aromatic carbocycles. The van der Waals surface area contributed by atoms with Gasteiger partial charge in [0.05, 0.1) is 39.3 Å². The van der Waals surface area contributed by atoms with Crippen LogP contribution in [0.2, 0.25) is 0 Å². The van der Waals surface area contributed by atoms with Crippen LogP contribution < -0.4 is 10.2 Å². The summed E-state index contributed by atoms with van der Waals surface area (Å²) in [5, 5.41) is 2.95. The molecule has 0 aliphatic carbocycles. The molecule has 31 heavy (non-hydrogen) atoms. The molecule has 3 rings (SSSR count). The van der Waals surface area contributed by atoms with Crippen molar-refractivity contribution >= 4 is 24.0 Å². The Morgan fingerprint density at radius 1 is 0.871 bits per heavy atom. The molecule has 1 aliphatic rings. The first-order valence-corrected chi connectivity index (χ1v) is 10.9. The summed E-state index contributed by atoms with van der Waals surface area (Å²) in [6.45, 7) is 8.88. The van der Waals surface area contributed by atoms with E-state index >= 15 is 0 Å². The van der Waals surface area contributed by atoms with Gasteiger partial charge < -0.3 is 15.1 Å². The summed E-state index contributed by atoms with van der Waals surface area (Å²) < 4.78 is 0. The van der Waals surface area contributed by atoms with Crippen molar-refractivity contribution in [2.24, 2.45) is 0 Å². The van der Waals surface area contributed by atoms with Crippen molar-refractivity contribution < 1.29 is 14.5 Å². The number of carbonyl (C=O) groups excluding carboxylic acids is 2. The molecule has 0 unspecified atom stereocenters. The van der Waals surface area contributed by atoms with E-state index in [2.05, 4.69) is 5.32 Å². The molecular formula is C26H32N3O2+. The van der Waals surface area contributed by atoms with E-state index in [9.17, 15) is 9.59 Å². The van der Waals surface area contributed by atoms with Crippen LogP contribution in [-0.4, -0.2) is 56.0 Å². The van der Waals surface area contributed by atoms with Crippen LogP contribution in [0.15, 0.2) is 60.7 Å². The zero-order valence-electron chi connectivity index (χ0n) is 18.4. The topological polar surface area (TPSA) is 53.9 Å². The smallest absolute Gasteiger partial charge is 0.246 e. The van der Waals surface area contributed by atoms with Crippen LogP contribution in [0.5, 0.6) is 0 Å². The van der Waals surface area contributed by atoms with Crippen molar-refractivity contribution in [2.75, 3.05) is 39.3 Å². The predicted octanol–water partition coefficient (Wildman–Crippen LogP) is 1.87. The quantitative estimate of drug-likeness (QED) is 0.675. The lowest BCUT2D eigenvalue weighted by atomic mass is 10.1. The van der Waals surface area contributed by atoms with Crippen molar-refractivity contribution in [2.45, 2.75) is 13.8 Å². The van der Waals surface area contributed by atoms with Gasteiger partial charge in [0.25, 0.3) is 0 Å². The average Bonchev–Trinajstić information content (AvgIpc) is 2.78. The second-order valence-electron chi connectivity index (χ2n) is 8.10. The van der Waals surface area contributed by atoms with Gasteiger partial charge in [-0.1, -0.05) is 59.7 Å². The van der Waals surface area contributed by atoms with E-state index in [1.807, 2.05) is 79.4 Å². The molecule has 2 amide bonds. The van der Waals surface area contributed by atoms with E-state index in [0.29, 0.717) is 6.54 Å². The highest BCUT2D eigenvalue weighted by molar-refractivity contribution is 5.92. The van der Waals surface area contributed by atoms with Crippen LogP contribution >= 0.6 is 0 Å². The summed E-state index contributed by atoms with van der Waals surface area (Å²) in [7, 11) is 0. The van der Waals surface area contributed by atoms with Crippen LogP contribution in [0.3, 0.4) is 0 Å². The van der Waals surface area contributed by atoms with Gasteiger partial charge in [0.15, 0.2) is 0 Å². The van der Waals surface area contributed by atoms with Crippen molar-refractivity contribution in [3.8, 4) is 0 Å². The van der Waals surface area contributed by atoms with Gasteiger partial charge in [-0.25, -0.2) is 0 Å². The number of nitrogens with one attached hydrogen (secondary N) is 2. The molecule has 2 N–H and O–H groups in total. The fourth-order valence-electron chi connectivity index (χ4n) is 3.51. The van der Waals surface area contributed by atoms with E-state index in [4.69, 9.17) is 0 Å². The summed E-state index contributed by atoms with van der Waals surface area (Å²) in [4.78, 5) is 27.7. The van der Waals surface area contributed by atoms with Crippen LogP contribution in [0.25, 0.3) is 12.2 Å². The molecule has 0 spiro atoms. The largest absolute Gasteiger partial charge is 0.347 e. The van der Waals surface area contributed by atoms with Crippen LogP contribution in [-0.2, 0) is 9.59 Å². The highest BCUT2D eigenvalue weighted by Gasteiger charge is 2.21. The molecule has 0 aromatic heterocycles. The number of aryl methyl sites for hydroxylation is 2. The molecule has 0 saturated carbocycles. The van der Waals surface area contributed by atoms with Gasteiger partial charge in [-0.05, 0) is 37.1 Å². The van der Waals surface area contributed by atoms with Crippen LogP contribution in [0, 0.1) is 13.8 Å². The Morgan fingerprint density at radius 3 is 1.94 bits per heavy atom. The summed E-state index contributed by atoms with van der Waals surface area (Å²) >= 11 is 0. The average molecular weight is 419 g/mol. The Balaban J connectivity index is 1.34. The Hall–Kier alpha value is -3.18. The number of piperazine rings is 1. The third-order valence-electron chi connectivity index (χ3n) is 5.56. The maximum Gasteiger partial charge on any atom is 0.246 e. The van der Waals surface area contributed by atoms with Gasteiger partial charge in [-0.15, -0.1) is 0 Å². The van der Waals surface area contributed by atoms with Gasteiger partial charge in [-0.2, -0.15) is 0 Å². The molecule has 5 heteroatoms. The minimum absolute atomic E-state index is 0.0640. The number of rotatable bonds is 7. The standard InChI is InChI=1S/C26H31N3O2/c1-21-3-7-23(8-4-21)11-13-25(30)27-15-16-28-17-19-29(20-18-28)26(31)14-12-24-9-5-22(2)6-10-24/h3-14H,15-20H2,1-2H3,(H,27,30)/p+1/b13-11+,14-12+. The number of carbonyl (C=O) groups is 2. The lowest BCUT2D eigenvalue weighted by Gasteiger charge is -2.31. The number of amides is 2. The highest BCUT2D eigenvalue weighted by atomic mass is 16.2. The van der Waals surface area contributed by atoms with E-state index in [1.54, 1.807) is 12.2 Å². The van der Waals surface area contributed by atoms with Gasteiger partial charge in [0.1, 0.15) is 0 Å². The molecule has 2 aromatic rings. The number of nitrogens with zero attached hydrogens (tertiary/aromatic N) is 1. The van der Waals surface area contributed by atoms with Gasteiger partial charge in [0.2, 0.25) is 11.8 Å². The Labute approximate surface area is 185 Å². The van der Waals surface area contributed by atoms with E-state index in [1.165, 1.54) is 16.0 Å². The summed E-state index contributed by atoms with van der Waals surface area (Å²) in [5.74, 6) is -0.01000. The minimum Gasteiger partial charge on any atom is -0.347 e. The van der Waals surface area contributed by atoms with Gasteiger partial charge in [-0.3, -0.25) is 9.59 Å². The molecule has 0 atom stereocenters. The maximum atomic E-state index is 12.4. The molecule has 0 bridgehead atoms. The summed E-state index contributed by atoms with van der Waals surface area (Å²) in [5.41, 5.74) is 4.47. The Bertz CT molecular complexity index is 919. The molecule has 5 nitrogen and oxygen atoms in total. The van der Waals surface area contributed by atoms with Crippen molar-refractivity contribution in [1.82, 2.24) is 10.2 Å². The molecule has 1 aliphatic heterocycles. The second kappa shape index (κ2) is 11.3. The first kappa shape index (κ1) is 22.5. The van der Waals surface area contributed by atoms with Gasteiger partial charge in [0, 0.05) is 12.2 Å². The lowest BCUT2D eigenvalue weighted by molar-refractivity contribution is -0.902. The number of benzene rings is 2. The van der Waals surface area contributed by atoms with E-state index < -0.39 is 0 Å². The molecule has 1 heterocycles. The predicted molar refractivity (Wildman–Crippen MR) is 126 cm³/mol. The molecule has 162 valence electrons. The fourth-order valence-corrected chi connectivity index (χ4v) is 3.51. The van der Waals surface area contributed by atoms with E-state index in [-0.39, 0.29) is 11.8 Å². The second-order valence-corrected chi connectivity index (χ2v) is 8.10. The van der Waals surface area contributed by atoms with Crippen molar-refractivity contribution in [3.63, 3.8) is 0 Å². The molecule has 1 saturated heterocycles. The summed E-state index contributed by atoms with van der Waals surface area (Å²) in [6.07, 6.45) is 6.95. The van der Waals surface area contributed by atoms with Crippen LogP contribution in [0.4, 0.5) is 0 Å². The zero-order valence-corrected chi connectivity index (χ0v) is 18.4. The lowest BCUT2D eigenvalue weighted by Crippen LogP contribution is -3.15. The SMILES string of the molecule is Cc1ccc(/C=C/C(=O)NCC[NH+]2CCN(C(=O)/C=C/c3ccc(C)cc3)CC2)cc1. The minimum atomic E-state index is -0.0740. The number of quaternary nitrogens is 1. The number of hydrogen-bond acceptors (Lipinski definition) is 2. The van der Waals surface area contributed by atoms with Crippen molar-refractivity contribution in [1.29, 1.82) is 0 Å². The fraction of sp³-hybridized carbons (Fsp3) is 0.308. The first-order valence-electron chi connectivity index (χ1n) is 10.9. The molecular weight excluding hydrogens is 386 g/mol. The Morgan fingerprint density at radius 2 is 1.39 bits per heavy atom. The first-order chi connectivity index (χ1) is 15.0. The zero-order chi connectivity index (χ0) is 22.1. The Kier molecular flexibility index (Phi) is 8.19. The number of hydrogen-bond donors (Lipinski definition) is 2. The van der Waals surface area contributed by atoms with Crippen LogP contribution in [0.1, 0.15) is 22.3 Å². The molecule has 0 radical (unpaired) electrons. The monoisotopic (exact) mass is 418 g/mol. The normalized spacial score (nSPS) is 15.0. The van der Waals surface area contributed by atoms with Crippen molar-refractivity contribution in [3.05, 3.63) is 82.9 Å². The summed E-state index contributed by atoms with van der Waals surface area (Å²) in [6, 6.07) is 16.2. The highest BCUT2D eigenvalue weighted by Crippen LogP contribution is 2.06. The third kappa shape index (κ3) is 7.54. The van der Waals surface area contributed by atoms with E-state index in [0.717, 1.165) is 43.9 Å². The maximum absolute atomic E-state index is 12.4.